The van der Waals surface area contributed by atoms with Crippen LogP contribution in [-0.2, 0) is 19.4 Å². The number of nitrogens with zero attached hydrogens (tertiary/aromatic N) is 1. The van der Waals surface area contributed by atoms with E-state index in [1.165, 1.54) is 24.0 Å². The summed E-state index contributed by atoms with van der Waals surface area (Å²) >= 11 is 0. The maximum Gasteiger partial charge on any atom is 0.251 e. The van der Waals surface area contributed by atoms with Gasteiger partial charge in [0.2, 0.25) is 0 Å². The highest BCUT2D eigenvalue weighted by Gasteiger charge is 2.23. The lowest BCUT2D eigenvalue weighted by molar-refractivity contribution is 0.0951. The van der Waals surface area contributed by atoms with Crippen LogP contribution in [0.1, 0.15) is 46.3 Å². The van der Waals surface area contributed by atoms with Crippen molar-refractivity contribution in [3.63, 3.8) is 0 Å². The van der Waals surface area contributed by atoms with Crippen LogP contribution in [-0.4, -0.2) is 17.9 Å². The lowest BCUT2D eigenvalue weighted by Gasteiger charge is -2.08. The molecule has 4 N–H and O–H groups in total. The highest BCUT2D eigenvalue weighted by molar-refractivity contribution is 5.95. The molecule has 0 aromatic heterocycles. The van der Waals surface area contributed by atoms with Crippen molar-refractivity contribution in [3.05, 3.63) is 64.7 Å². The summed E-state index contributed by atoms with van der Waals surface area (Å²) in [7, 11) is 0. The summed E-state index contributed by atoms with van der Waals surface area (Å²) in [5.41, 5.74) is 11.5. The number of nitrogens with one attached hydrogen (secondary N) is 2. The number of aryl methyl sites for hydroxylation is 2. The smallest absolute Gasteiger partial charge is 0.251 e. The molecule has 2 aliphatic rings. The summed E-state index contributed by atoms with van der Waals surface area (Å²) in [5, 5.41) is 6.17. The van der Waals surface area contributed by atoms with Crippen molar-refractivity contribution in [2.75, 3.05) is 5.32 Å². The molecule has 1 saturated carbocycles. The minimum absolute atomic E-state index is 0.0115. The molecule has 0 unspecified atom stereocenters. The number of fused-ring (bicyclic) bond motifs is 1. The average Bonchev–Trinajstić information content (AvgIpc) is 3.34. The van der Waals surface area contributed by atoms with Crippen LogP contribution in [0.5, 0.6) is 0 Å². The lowest BCUT2D eigenvalue weighted by atomic mass is 10.1. The van der Waals surface area contributed by atoms with E-state index in [0.717, 1.165) is 30.5 Å². The molecular weight excluding hydrogens is 324 g/mol. The van der Waals surface area contributed by atoms with Gasteiger partial charge in [0, 0.05) is 17.3 Å². The molecule has 5 heteroatoms. The summed E-state index contributed by atoms with van der Waals surface area (Å²) in [6, 6.07) is 14.3. The summed E-state index contributed by atoms with van der Waals surface area (Å²) in [6.45, 7) is 0.439. The molecule has 0 bridgehead atoms. The Bertz CT molecular complexity index is 855. The number of carbonyl (C=O) groups is 1. The number of amides is 1. The third kappa shape index (κ3) is 4.04. The third-order valence-electron chi connectivity index (χ3n) is 4.90. The van der Waals surface area contributed by atoms with Gasteiger partial charge in [-0.2, -0.15) is 0 Å². The molecule has 26 heavy (non-hydrogen) atoms. The predicted molar refractivity (Wildman–Crippen MR) is 104 cm³/mol. The highest BCUT2D eigenvalue weighted by Crippen LogP contribution is 2.24. The SMILES string of the molecule is NC(=NCc1cccc(C(=O)NC2CC2)c1)Nc1ccc2c(c1)CCC2. The average molecular weight is 348 g/mol. The van der Waals surface area contributed by atoms with Gasteiger partial charge in [-0.05, 0) is 73.1 Å². The Labute approximate surface area is 153 Å². The zero-order valence-electron chi connectivity index (χ0n) is 14.8. The van der Waals surface area contributed by atoms with Gasteiger partial charge in [-0.15, -0.1) is 0 Å². The molecule has 4 rings (SSSR count). The van der Waals surface area contributed by atoms with Crippen LogP contribution in [0, 0.1) is 0 Å². The Kier molecular flexibility index (Phi) is 4.61. The molecule has 2 aliphatic carbocycles. The first-order chi connectivity index (χ1) is 12.7. The Morgan fingerprint density at radius 2 is 1.96 bits per heavy atom. The van der Waals surface area contributed by atoms with Gasteiger partial charge in [-0.1, -0.05) is 18.2 Å². The second-order valence-corrected chi connectivity index (χ2v) is 7.11. The Balaban J connectivity index is 1.38. The summed E-state index contributed by atoms with van der Waals surface area (Å²) in [5.74, 6) is 0.373. The fourth-order valence-electron chi connectivity index (χ4n) is 3.32. The fraction of sp³-hybridized carbons (Fsp3) is 0.333. The van der Waals surface area contributed by atoms with Crippen molar-refractivity contribution in [2.45, 2.75) is 44.7 Å². The van der Waals surface area contributed by atoms with Gasteiger partial charge in [-0.25, -0.2) is 4.99 Å². The molecule has 0 atom stereocenters. The van der Waals surface area contributed by atoms with E-state index >= 15 is 0 Å². The Morgan fingerprint density at radius 3 is 2.81 bits per heavy atom. The largest absolute Gasteiger partial charge is 0.370 e. The van der Waals surface area contributed by atoms with Gasteiger partial charge in [0.25, 0.3) is 5.91 Å². The molecular formula is C21H24N4O. The zero-order chi connectivity index (χ0) is 17.9. The van der Waals surface area contributed by atoms with Crippen LogP contribution in [0.2, 0.25) is 0 Å². The van der Waals surface area contributed by atoms with E-state index < -0.39 is 0 Å². The number of carbonyl (C=O) groups excluding carboxylic acids is 1. The number of aliphatic imine (C=N–C) groups is 1. The van der Waals surface area contributed by atoms with Crippen LogP contribution >= 0.6 is 0 Å². The summed E-state index contributed by atoms with van der Waals surface area (Å²) < 4.78 is 0. The second-order valence-electron chi connectivity index (χ2n) is 7.11. The first kappa shape index (κ1) is 16.6. The number of hydrogen-bond donors (Lipinski definition) is 3. The summed E-state index contributed by atoms with van der Waals surface area (Å²) in [4.78, 5) is 16.5. The minimum Gasteiger partial charge on any atom is -0.370 e. The van der Waals surface area contributed by atoms with E-state index in [2.05, 4.69) is 33.8 Å². The van der Waals surface area contributed by atoms with E-state index in [-0.39, 0.29) is 5.91 Å². The summed E-state index contributed by atoms with van der Waals surface area (Å²) in [6.07, 6.45) is 5.70. The number of guanidine groups is 1. The number of hydrogen-bond acceptors (Lipinski definition) is 2. The third-order valence-corrected chi connectivity index (χ3v) is 4.90. The van der Waals surface area contributed by atoms with Gasteiger partial charge in [-0.3, -0.25) is 4.79 Å². The molecule has 0 heterocycles. The molecule has 2 aromatic carbocycles. The van der Waals surface area contributed by atoms with Crippen molar-refractivity contribution in [1.82, 2.24) is 5.32 Å². The molecule has 0 radical (unpaired) electrons. The second kappa shape index (κ2) is 7.20. The van der Waals surface area contributed by atoms with Crippen molar-refractivity contribution >= 4 is 17.6 Å². The monoisotopic (exact) mass is 348 g/mol. The maximum absolute atomic E-state index is 12.1. The standard InChI is InChI=1S/C21H24N4O/c22-21(25-19-8-7-15-4-2-5-16(15)12-19)23-13-14-3-1-6-17(11-14)20(26)24-18-9-10-18/h1,3,6-8,11-12,18H,2,4-5,9-10,13H2,(H,24,26)(H3,22,23,25). The van der Waals surface area contributed by atoms with Gasteiger partial charge in [0.15, 0.2) is 5.96 Å². The van der Waals surface area contributed by atoms with Gasteiger partial charge < -0.3 is 16.4 Å². The molecule has 0 spiro atoms. The molecule has 5 nitrogen and oxygen atoms in total. The number of rotatable bonds is 5. The van der Waals surface area contributed by atoms with Crippen LogP contribution in [0.25, 0.3) is 0 Å². The Hall–Kier alpha value is -2.82. The molecule has 0 saturated heterocycles. The van der Waals surface area contributed by atoms with Crippen LogP contribution in [0.3, 0.4) is 0 Å². The quantitative estimate of drug-likeness (QED) is 0.574. The number of anilines is 1. The van der Waals surface area contributed by atoms with E-state index in [1.54, 1.807) is 0 Å². The van der Waals surface area contributed by atoms with Gasteiger partial charge >= 0.3 is 0 Å². The van der Waals surface area contributed by atoms with Crippen LogP contribution in [0.15, 0.2) is 47.5 Å². The first-order valence-corrected chi connectivity index (χ1v) is 9.26. The maximum atomic E-state index is 12.1. The zero-order valence-corrected chi connectivity index (χ0v) is 14.8. The van der Waals surface area contributed by atoms with Gasteiger partial charge in [0.05, 0.1) is 6.54 Å². The van der Waals surface area contributed by atoms with E-state index in [4.69, 9.17) is 5.73 Å². The Morgan fingerprint density at radius 1 is 1.12 bits per heavy atom. The van der Waals surface area contributed by atoms with Crippen LogP contribution in [0.4, 0.5) is 5.69 Å². The van der Waals surface area contributed by atoms with Gasteiger partial charge in [0.1, 0.15) is 0 Å². The highest BCUT2D eigenvalue weighted by atomic mass is 16.1. The topological polar surface area (TPSA) is 79.5 Å². The normalized spacial score (nSPS) is 16.2. The first-order valence-electron chi connectivity index (χ1n) is 9.26. The van der Waals surface area contributed by atoms with Crippen molar-refractivity contribution in [1.29, 1.82) is 0 Å². The van der Waals surface area contributed by atoms with E-state index in [1.807, 2.05) is 24.3 Å². The van der Waals surface area contributed by atoms with Crippen molar-refractivity contribution < 1.29 is 4.79 Å². The van der Waals surface area contributed by atoms with Crippen molar-refractivity contribution in [3.8, 4) is 0 Å². The van der Waals surface area contributed by atoms with Crippen LogP contribution < -0.4 is 16.4 Å². The fourth-order valence-corrected chi connectivity index (χ4v) is 3.32. The number of benzene rings is 2. The number of nitrogens with two attached hydrogens (primary N) is 1. The van der Waals surface area contributed by atoms with Crippen molar-refractivity contribution in [2.24, 2.45) is 10.7 Å². The van der Waals surface area contributed by atoms with E-state index in [0.29, 0.717) is 24.1 Å². The predicted octanol–water partition coefficient (Wildman–Crippen LogP) is 2.99. The molecule has 2 aromatic rings. The molecule has 1 fully saturated rings. The van der Waals surface area contributed by atoms with E-state index in [9.17, 15) is 4.79 Å². The molecule has 1 amide bonds. The minimum atomic E-state index is -0.0115. The molecule has 0 aliphatic heterocycles. The lowest BCUT2D eigenvalue weighted by Crippen LogP contribution is -2.25. The molecule has 134 valence electrons.